The van der Waals surface area contributed by atoms with E-state index in [4.69, 9.17) is 0 Å². The molecule has 1 unspecified atom stereocenters. The Balaban J connectivity index is 2.41. The van der Waals surface area contributed by atoms with Gasteiger partial charge in [-0.1, -0.05) is 0 Å². The fourth-order valence-electron chi connectivity index (χ4n) is 2.07. The Bertz CT molecular complexity index is 459. The highest BCUT2D eigenvalue weighted by Crippen LogP contribution is 2.17. The molecule has 0 aromatic heterocycles. The van der Waals surface area contributed by atoms with Gasteiger partial charge in [0.1, 0.15) is 12.7 Å². The summed E-state index contributed by atoms with van der Waals surface area (Å²) in [6.45, 7) is 0.373. The van der Waals surface area contributed by atoms with Crippen molar-refractivity contribution in [1.82, 2.24) is 9.62 Å². The predicted octanol–water partition coefficient (Wildman–Crippen LogP) is 0.494. The molecule has 10 heteroatoms. The van der Waals surface area contributed by atoms with Crippen molar-refractivity contribution in [1.29, 1.82) is 0 Å². The Kier molecular flexibility index (Phi) is 6.00. The third-order valence-electron chi connectivity index (χ3n) is 3.03. The van der Waals surface area contributed by atoms with Gasteiger partial charge in [-0.15, -0.1) is 0 Å². The number of likely N-dealkylation sites (tertiary alicyclic amines) is 1. The lowest BCUT2D eigenvalue weighted by Crippen LogP contribution is -2.49. The SMILES string of the molecule is CC(OCC(F)(F)F)C(=O)N1CCC(NS(C)(=O)=O)CC1. The van der Waals surface area contributed by atoms with Gasteiger partial charge < -0.3 is 9.64 Å². The van der Waals surface area contributed by atoms with Crippen molar-refractivity contribution in [2.75, 3.05) is 26.0 Å². The Morgan fingerprint density at radius 3 is 2.33 bits per heavy atom. The first kappa shape index (κ1) is 18.2. The van der Waals surface area contributed by atoms with E-state index in [1.54, 1.807) is 0 Å². The molecule has 1 N–H and O–H groups in total. The maximum Gasteiger partial charge on any atom is 0.411 e. The van der Waals surface area contributed by atoms with E-state index in [1.807, 2.05) is 0 Å². The number of nitrogens with zero attached hydrogens (tertiary/aromatic N) is 1. The summed E-state index contributed by atoms with van der Waals surface area (Å²) in [5.41, 5.74) is 0. The third-order valence-corrected chi connectivity index (χ3v) is 3.79. The van der Waals surface area contributed by atoms with Crippen molar-refractivity contribution in [2.24, 2.45) is 0 Å². The molecule has 1 heterocycles. The van der Waals surface area contributed by atoms with Crippen molar-refractivity contribution in [3.05, 3.63) is 0 Å². The third kappa shape index (κ3) is 7.09. The number of alkyl halides is 3. The first-order chi connectivity index (χ1) is 9.48. The standard InChI is InChI=1S/C11H19F3N2O4S/c1-8(20-7-11(12,13)14)10(17)16-5-3-9(4-6-16)15-21(2,18)19/h8-9,15H,3-7H2,1-2H3. The zero-order chi connectivity index (χ0) is 16.3. The summed E-state index contributed by atoms with van der Waals surface area (Å²) >= 11 is 0. The number of carbonyl (C=O) groups is 1. The normalized spacial score (nSPS) is 19.6. The van der Waals surface area contributed by atoms with E-state index >= 15 is 0 Å². The molecule has 1 fully saturated rings. The summed E-state index contributed by atoms with van der Waals surface area (Å²) in [5, 5.41) is 0. The van der Waals surface area contributed by atoms with Crippen molar-refractivity contribution in [2.45, 2.75) is 38.1 Å². The number of nitrogens with one attached hydrogen (secondary N) is 1. The number of rotatable bonds is 5. The van der Waals surface area contributed by atoms with E-state index in [1.165, 1.54) is 11.8 Å². The van der Waals surface area contributed by atoms with E-state index < -0.39 is 34.8 Å². The summed E-state index contributed by atoms with van der Waals surface area (Å²) in [6.07, 6.45) is -3.75. The predicted molar refractivity (Wildman–Crippen MR) is 69.1 cm³/mol. The van der Waals surface area contributed by atoms with Crippen LogP contribution in [0.25, 0.3) is 0 Å². The second kappa shape index (κ2) is 6.93. The van der Waals surface area contributed by atoms with E-state index in [9.17, 15) is 26.4 Å². The van der Waals surface area contributed by atoms with Crippen LogP contribution in [0.5, 0.6) is 0 Å². The minimum Gasteiger partial charge on any atom is -0.359 e. The van der Waals surface area contributed by atoms with Gasteiger partial charge in [-0.25, -0.2) is 13.1 Å². The van der Waals surface area contributed by atoms with Gasteiger partial charge in [0.2, 0.25) is 10.0 Å². The van der Waals surface area contributed by atoms with Gasteiger partial charge in [-0.2, -0.15) is 13.2 Å². The summed E-state index contributed by atoms with van der Waals surface area (Å²) in [5.74, 6) is -0.517. The highest BCUT2D eigenvalue weighted by atomic mass is 32.2. The lowest BCUT2D eigenvalue weighted by atomic mass is 10.1. The molecule has 0 aromatic rings. The van der Waals surface area contributed by atoms with Gasteiger partial charge >= 0.3 is 6.18 Å². The molecule has 124 valence electrons. The molecular weight excluding hydrogens is 313 g/mol. The molecule has 0 aromatic carbocycles. The number of carbonyl (C=O) groups excluding carboxylic acids is 1. The van der Waals surface area contributed by atoms with Crippen LogP contribution in [-0.2, 0) is 19.6 Å². The average molecular weight is 332 g/mol. The molecule has 6 nitrogen and oxygen atoms in total. The number of sulfonamides is 1. The van der Waals surface area contributed by atoms with Crippen LogP contribution < -0.4 is 4.72 Å². The molecule has 0 aliphatic carbocycles. The minimum atomic E-state index is -4.47. The van der Waals surface area contributed by atoms with Gasteiger partial charge in [-0.3, -0.25) is 4.79 Å². The molecule has 1 rings (SSSR count). The maximum absolute atomic E-state index is 12.0. The van der Waals surface area contributed by atoms with Crippen molar-refractivity contribution < 1.29 is 31.1 Å². The molecule has 1 aliphatic heterocycles. The van der Waals surface area contributed by atoms with E-state index in [0.29, 0.717) is 12.8 Å². The lowest BCUT2D eigenvalue weighted by Gasteiger charge is -2.33. The quantitative estimate of drug-likeness (QED) is 0.795. The Hall–Kier alpha value is -0.870. The first-order valence-electron chi connectivity index (χ1n) is 6.42. The fourth-order valence-corrected chi connectivity index (χ4v) is 2.91. The van der Waals surface area contributed by atoms with Crippen LogP contribution in [0.1, 0.15) is 19.8 Å². The van der Waals surface area contributed by atoms with Gasteiger partial charge in [0.15, 0.2) is 0 Å². The molecule has 1 atom stereocenters. The minimum absolute atomic E-state index is 0.254. The molecule has 1 saturated heterocycles. The zero-order valence-corrected chi connectivity index (χ0v) is 12.6. The molecule has 0 radical (unpaired) electrons. The zero-order valence-electron chi connectivity index (χ0n) is 11.8. The Labute approximate surface area is 121 Å². The molecular formula is C11H19F3N2O4S. The van der Waals surface area contributed by atoms with Crippen LogP contribution >= 0.6 is 0 Å². The summed E-state index contributed by atoms with van der Waals surface area (Å²) < 4.78 is 65.2. The van der Waals surface area contributed by atoms with Gasteiger partial charge in [0.05, 0.1) is 6.26 Å². The monoisotopic (exact) mass is 332 g/mol. The second-order valence-corrected chi connectivity index (χ2v) is 6.84. The maximum atomic E-state index is 12.0. The average Bonchev–Trinajstić information content (AvgIpc) is 2.33. The second-order valence-electron chi connectivity index (χ2n) is 5.06. The van der Waals surface area contributed by atoms with Gasteiger partial charge in [-0.05, 0) is 19.8 Å². The van der Waals surface area contributed by atoms with Crippen LogP contribution in [0, 0.1) is 0 Å². The number of halogens is 3. The van der Waals surface area contributed by atoms with Crippen molar-refractivity contribution in [3.8, 4) is 0 Å². The largest absolute Gasteiger partial charge is 0.411 e. The van der Waals surface area contributed by atoms with Crippen LogP contribution in [0.15, 0.2) is 0 Å². The molecule has 0 bridgehead atoms. The molecule has 0 saturated carbocycles. The molecule has 0 spiro atoms. The number of hydrogen-bond acceptors (Lipinski definition) is 4. The van der Waals surface area contributed by atoms with Crippen LogP contribution in [0.3, 0.4) is 0 Å². The van der Waals surface area contributed by atoms with Crippen molar-refractivity contribution in [3.63, 3.8) is 0 Å². The topological polar surface area (TPSA) is 75.7 Å². The molecule has 1 amide bonds. The highest BCUT2D eigenvalue weighted by Gasteiger charge is 2.32. The Morgan fingerprint density at radius 1 is 1.38 bits per heavy atom. The van der Waals surface area contributed by atoms with Gasteiger partial charge in [0.25, 0.3) is 5.91 Å². The van der Waals surface area contributed by atoms with Crippen LogP contribution in [-0.4, -0.2) is 63.5 Å². The van der Waals surface area contributed by atoms with Crippen LogP contribution in [0.2, 0.25) is 0 Å². The number of amides is 1. The first-order valence-corrected chi connectivity index (χ1v) is 8.31. The molecule has 21 heavy (non-hydrogen) atoms. The number of hydrogen-bond donors (Lipinski definition) is 1. The summed E-state index contributed by atoms with van der Waals surface area (Å²) in [4.78, 5) is 13.3. The fraction of sp³-hybridized carbons (Fsp3) is 0.909. The molecule has 1 aliphatic rings. The van der Waals surface area contributed by atoms with E-state index in [2.05, 4.69) is 9.46 Å². The number of piperidine rings is 1. The van der Waals surface area contributed by atoms with Gasteiger partial charge in [0, 0.05) is 19.1 Å². The van der Waals surface area contributed by atoms with E-state index in [-0.39, 0.29) is 19.1 Å². The Morgan fingerprint density at radius 2 is 1.90 bits per heavy atom. The summed E-state index contributed by atoms with van der Waals surface area (Å²) in [6, 6.07) is -0.254. The number of ether oxygens (including phenoxy) is 1. The lowest BCUT2D eigenvalue weighted by molar-refractivity contribution is -0.188. The highest BCUT2D eigenvalue weighted by molar-refractivity contribution is 7.88. The van der Waals surface area contributed by atoms with Crippen LogP contribution in [0.4, 0.5) is 13.2 Å². The smallest absolute Gasteiger partial charge is 0.359 e. The van der Waals surface area contributed by atoms with Crippen molar-refractivity contribution >= 4 is 15.9 Å². The summed E-state index contributed by atoms with van der Waals surface area (Å²) in [7, 11) is -3.31. The van der Waals surface area contributed by atoms with E-state index in [0.717, 1.165) is 6.26 Å².